The van der Waals surface area contributed by atoms with E-state index in [0.717, 1.165) is 31.8 Å². The van der Waals surface area contributed by atoms with E-state index in [0.29, 0.717) is 32.3 Å². The first-order chi connectivity index (χ1) is 11.0. The summed E-state index contributed by atoms with van der Waals surface area (Å²) in [6.45, 7) is 7.71. The fourth-order valence-electron chi connectivity index (χ4n) is 3.44. The van der Waals surface area contributed by atoms with Crippen molar-refractivity contribution in [3.8, 4) is 0 Å². The first-order valence-corrected chi connectivity index (χ1v) is 8.91. The molecule has 0 aromatic carbocycles. The number of amides is 2. The number of carbonyl (C=O) groups is 2. The summed E-state index contributed by atoms with van der Waals surface area (Å²) >= 11 is 0. The Labute approximate surface area is 139 Å². The van der Waals surface area contributed by atoms with Crippen molar-refractivity contribution in [1.82, 2.24) is 14.7 Å². The lowest BCUT2D eigenvalue weighted by Gasteiger charge is -2.37. The highest BCUT2D eigenvalue weighted by Crippen LogP contribution is 2.26. The lowest BCUT2D eigenvalue weighted by atomic mass is 9.87. The van der Waals surface area contributed by atoms with Crippen LogP contribution < -0.4 is 0 Å². The Morgan fingerprint density at radius 2 is 1.70 bits per heavy atom. The molecule has 0 spiro atoms. The van der Waals surface area contributed by atoms with Crippen LogP contribution in [0, 0.1) is 5.92 Å². The van der Waals surface area contributed by atoms with Gasteiger partial charge in [-0.3, -0.25) is 9.69 Å². The minimum atomic E-state index is -0.244. The molecule has 6 heteroatoms. The molecule has 2 aliphatic rings. The molecule has 6 nitrogen and oxygen atoms in total. The van der Waals surface area contributed by atoms with Gasteiger partial charge >= 0.3 is 6.09 Å². The van der Waals surface area contributed by atoms with Crippen molar-refractivity contribution in [3.63, 3.8) is 0 Å². The number of nitrogens with zero attached hydrogens (tertiary/aromatic N) is 3. The molecular formula is C17H31N3O3. The third-order valence-corrected chi connectivity index (χ3v) is 5.18. The maximum absolute atomic E-state index is 12.5. The van der Waals surface area contributed by atoms with Crippen molar-refractivity contribution in [3.05, 3.63) is 0 Å². The molecule has 0 atom stereocenters. The van der Waals surface area contributed by atoms with Crippen LogP contribution in [-0.4, -0.2) is 79.1 Å². The number of likely N-dealkylation sites (N-methyl/N-ethyl adjacent to an activating group) is 1. The summed E-state index contributed by atoms with van der Waals surface area (Å²) in [5, 5.41) is 0. The van der Waals surface area contributed by atoms with Crippen LogP contribution in [0.2, 0.25) is 0 Å². The number of rotatable bonds is 4. The lowest BCUT2D eigenvalue weighted by molar-refractivity contribution is -0.134. The summed E-state index contributed by atoms with van der Waals surface area (Å²) in [7, 11) is 1.94. The van der Waals surface area contributed by atoms with E-state index in [1.54, 1.807) is 4.90 Å². The van der Waals surface area contributed by atoms with Gasteiger partial charge in [0.1, 0.15) is 0 Å². The molecule has 2 fully saturated rings. The molecule has 1 saturated carbocycles. The number of hydrogen-bond acceptors (Lipinski definition) is 4. The molecule has 0 N–H and O–H groups in total. The summed E-state index contributed by atoms with van der Waals surface area (Å²) in [6, 6.07) is 0.402. The molecule has 2 rings (SSSR count). The van der Waals surface area contributed by atoms with Crippen LogP contribution in [-0.2, 0) is 9.53 Å². The average molecular weight is 325 g/mol. The fraction of sp³-hybridized carbons (Fsp3) is 0.882. The molecule has 0 aromatic rings. The van der Waals surface area contributed by atoms with E-state index in [1.807, 2.05) is 18.9 Å². The van der Waals surface area contributed by atoms with Crippen LogP contribution in [0.5, 0.6) is 0 Å². The van der Waals surface area contributed by atoms with E-state index < -0.39 is 0 Å². The van der Waals surface area contributed by atoms with Crippen molar-refractivity contribution >= 4 is 12.0 Å². The van der Waals surface area contributed by atoms with Gasteiger partial charge in [0.15, 0.2) is 0 Å². The van der Waals surface area contributed by atoms with Crippen LogP contribution >= 0.6 is 0 Å². The molecule has 0 aromatic heterocycles. The summed E-state index contributed by atoms with van der Waals surface area (Å²) in [4.78, 5) is 30.0. The maximum Gasteiger partial charge on any atom is 0.409 e. The van der Waals surface area contributed by atoms with Gasteiger partial charge in [-0.1, -0.05) is 6.92 Å². The average Bonchev–Trinajstić information content (AvgIpc) is 2.55. The van der Waals surface area contributed by atoms with Gasteiger partial charge in [-0.15, -0.1) is 0 Å². The van der Waals surface area contributed by atoms with Crippen molar-refractivity contribution in [1.29, 1.82) is 0 Å². The quantitative estimate of drug-likeness (QED) is 0.791. The van der Waals surface area contributed by atoms with Gasteiger partial charge in [-0.25, -0.2) is 4.79 Å². The zero-order chi connectivity index (χ0) is 16.8. The second-order valence-corrected chi connectivity index (χ2v) is 6.88. The van der Waals surface area contributed by atoms with Crippen LogP contribution in [0.3, 0.4) is 0 Å². The Morgan fingerprint density at radius 3 is 2.26 bits per heavy atom. The molecule has 23 heavy (non-hydrogen) atoms. The highest BCUT2D eigenvalue weighted by Gasteiger charge is 2.27. The van der Waals surface area contributed by atoms with Crippen molar-refractivity contribution in [2.75, 3.05) is 46.4 Å². The molecule has 132 valence electrons. The first kappa shape index (κ1) is 18.0. The summed E-state index contributed by atoms with van der Waals surface area (Å²) < 4.78 is 5.02. The maximum atomic E-state index is 12.5. The number of piperazine rings is 1. The Hall–Kier alpha value is -1.30. The third kappa shape index (κ3) is 5.09. The molecule has 0 unspecified atom stereocenters. The second-order valence-electron chi connectivity index (χ2n) is 6.88. The monoisotopic (exact) mass is 325 g/mol. The van der Waals surface area contributed by atoms with Crippen LogP contribution in [0.4, 0.5) is 4.79 Å². The molecule has 1 heterocycles. The van der Waals surface area contributed by atoms with Crippen LogP contribution in [0.15, 0.2) is 0 Å². The molecule has 0 bridgehead atoms. The van der Waals surface area contributed by atoms with Crippen molar-refractivity contribution in [2.24, 2.45) is 5.92 Å². The van der Waals surface area contributed by atoms with Gasteiger partial charge in [0.2, 0.25) is 5.91 Å². The zero-order valence-corrected chi connectivity index (χ0v) is 14.8. The van der Waals surface area contributed by atoms with Crippen molar-refractivity contribution in [2.45, 2.75) is 45.6 Å². The number of hydrogen-bond donors (Lipinski definition) is 0. The summed E-state index contributed by atoms with van der Waals surface area (Å²) in [6.07, 6.45) is 4.45. The molecule has 1 saturated heterocycles. The fourth-order valence-corrected chi connectivity index (χ4v) is 3.44. The van der Waals surface area contributed by atoms with Gasteiger partial charge in [0, 0.05) is 39.3 Å². The molecule has 2 amide bonds. The Balaban J connectivity index is 1.73. The molecular weight excluding hydrogens is 294 g/mol. The predicted molar refractivity (Wildman–Crippen MR) is 89.2 cm³/mol. The standard InChI is InChI=1S/C17H31N3O3/c1-4-23-17(22)20-11-9-19(10-12-20)13-16(21)18(3)15-7-5-14(2)6-8-15/h14-15H,4-13H2,1-3H3. The topological polar surface area (TPSA) is 53.1 Å². The van der Waals surface area contributed by atoms with Gasteiger partial charge in [0.05, 0.1) is 13.2 Å². The van der Waals surface area contributed by atoms with E-state index in [9.17, 15) is 9.59 Å². The molecule has 0 radical (unpaired) electrons. The van der Waals surface area contributed by atoms with E-state index >= 15 is 0 Å². The van der Waals surface area contributed by atoms with E-state index in [1.165, 1.54) is 12.8 Å². The number of carbonyl (C=O) groups excluding carboxylic acids is 2. The van der Waals surface area contributed by atoms with Crippen LogP contribution in [0.1, 0.15) is 39.5 Å². The summed E-state index contributed by atoms with van der Waals surface area (Å²) in [5.74, 6) is 1.000. The number of ether oxygens (including phenoxy) is 1. The van der Waals surface area contributed by atoms with E-state index in [4.69, 9.17) is 4.74 Å². The molecule has 1 aliphatic heterocycles. The van der Waals surface area contributed by atoms with E-state index in [2.05, 4.69) is 11.8 Å². The SMILES string of the molecule is CCOC(=O)N1CCN(CC(=O)N(C)C2CCC(C)CC2)CC1. The lowest BCUT2D eigenvalue weighted by Crippen LogP contribution is -2.52. The first-order valence-electron chi connectivity index (χ1n) is 8.91. The Morgan fingerprint density at radius 1 is 1.09 bits per heavy atom. The van der Waals surface area contributed by atoms with Crippen LogP contribution in [0.25, 0.3) is 0 Å². The smallest absolute Gasteiger partial charge is 0.409 e. The van der Waals surface area contributed by atoms with E-state index in [-0.39, 0.29) is 12.0 Å². The Bertz CT molecular complexity index is 400. The minimum absolute atomic E-state index is 0.203. The highest BCUT2D eigenvalue weighted by atomic mass is 16.6. The Kier molecular flexibility index (Phi) is 6.69. The zero-order valence-electron chi connectivity index (χ0n) is 14.8. The van der Waals surface area contributed by atoms with Gasteiger partial charge < -0.3 is 14.5 Å². The normalized spacial score (nSPS) is 26.0. The largest absolute Gasteiger partial charge is 0.450 e. The van der Waals surface area contributed by atoms with Gasteiger partial charge in [-0.2, -0.15) is 0 Å². The second kappa shape index (κ2) is 8.52. The van der Waals surface area contributed by atoms with Gasteiger partial charge in [0.25, 0.3) is 0 Å². The molecule has 1 aliphatic carbocycles. The van der Waals surface area contributed by atoms with Crippen molar-refractivity contribution < 1.29 is 14.3 Å². The van der Waals surface area contributed by atoms with Gasteiger partial charge in [-0.05, 0) is 38.5 Å². The summed E-state index contributed by atoms with van der Waals surface area (Å²) in [5.41, 5.74) is 0. The third-order valence-electron chi connectivity index (χ3n) is 5.18. The predicted octanol–water partition coefficient (Wildman–Crippen LogP) is 1.80. The highest BCUT2D eigenvalue weighted by molar-refractivity contribution is 5.78. The minimum Gasteiger partial charge on any atom is -0.450 e.